The molecular weight excluding hydrogens is 589 g/mol. The lowest BCUT2D eigenvalue weighted by atomic mass is 9.69. The van der Waals surface area contributed by atoms with Gasteiger partial charge < -0.3 is 0 Å². The van der Waals surface area contributed by atoms with Crippen LogP contribution in [-0.2, 0) is 5.41 Å². The minimum Gasteiger partial charge on any atom is -0.0619 e. The van der Waals surface area contributed by atoms with Crippen molar-refractivity contribution in [3.63, 3.8) is 0 Å². The quantitative estimate of drug-likeness (QED) is 0.172. The van der Waals surface area contributed by atoms with Gasteiger partial charge in [0.25, 0.3) is 0 Å². The Hall–Kier alpha value is -6.24. The Bertz CT molecular complexity index is 2860. The number of fused-ring (bicyclic) bond motifs is 17. The maximum Gasteiger partial charge on any atom is 0.0731 e. The van der Waals surface area contributed by atoms with Crippen molar-refractivity contribution in [1.29, 1.82) is 0 Å². The summed E-state index contributed by atoms with van der Waals surface area (Å²) in [7, 11) is 0. The van der Waals surface area contributed by atoms with Crippen molar-refractivity contribution < 1.29 is 0 Å². The number of hydrogen-bond donors (Lipinski definition) is 0. The lowest BCUT2D eigenvalue weighted by Gasteiger charge is -2.32. The fourth-order valence-electron chi connectivity index (χ4n) is 10.0. The molecule has 1 spiro atoms. The van der Waals surface area contributed by atoms with Crippen molar-refractivity contribution in [2.75, 3.05) is 0 Å². The van der Waals surface area contributed by atoms with Gasteiger partial charge in [0.2, 0.25) is 0 Å². The fraction of sp³-hybridized carbons (Fsp3) is 0.0204. The molecule has 12 rings (SSSR count). The molecule has 0 aliphatic heterocycles. The molecule has 9 aromatic carbocycles. The van der Waals surface area contributed by atoms with Gasteiger partial charge in [0.1, 0.15) is 0 Å². The van der Waals surface area contributed by atoms with E-state index in [-0.39, 0.29) is 0 Å². The van der Waals surface area contributed by atoms with Crippen molar-refractivity contribution in [3.05, 3.63) is 192 Å². The van der Waals surface area contributed by atoms with E-state index in [0.29, 0.717) is 0 Å². The molecule has 0 amide bonds. The third kappa shape index (κ3) is 2.98. The molecular formula is C49H28. The molecule has 0 heteroatoms. The van der Waals surface area contributed by atoms with Gasteiger partial charge in [0.05, 0.1) is 5.41 Å². The van der Waals surface area contributed by atoms with Crippen LogP contribution in [0.1, 0.15) is 22.3 Å². The van der Waals surface area contributed by atoms with E-state index in [0.717, 1.165) is 0 Å². The summed E-state index contributed by atoms with van der Waals surface area (Å²) < 4.78 is 0. The maximum absolute atomic E-state index is 2.58. The summed E-state index contributed by atoms with van der Waals surface area (Å²) in [6.45, 7) is 0. The first-order valence-electron chi connectivity index (χ1n) is 17.3. The summed E-state index contributed by atoms with van der Waals surface area (Å²) in [5.41, 5.74) is 18.4. The van der Waals surface area contributed by atoms with E-state index >= 15 is 0 Å². The molecule has 0 N–H and O–H groups in total. The first-order chi connectivity index (χ1) is 24.3. The minimum absolute atomic E-state index is 0.442. The SMILES string of the molecule is c1ccc2c(c1)-c1cccc3c(-c4cc5c(c6ccccc46)-c4ccc6ccccc6c4C54c5ccccc5-c5ccccc54)ccc-2c13. The van der Waals surface area contributed by atoms with Gasteiger partial charge in [-0.2, -0.15) is 0 Å². The van der Waals surface area contributed by atoms with E-state index in [9.17, 15) is 0 Å². The van der Waals surface area contributed by atoms with Crippen LogP contribution in [0.25, 0.3) is 88.0 Å². The summed E-state index contributed by atoms with van der Waals surface area (Å²) in [5, 5.41) is 7.91. The Morgan fingerprint density at radius 1 is 0.286 bits per heavy atom. The van der Waals surface area contributed by atoms with Crippen LogP contribution in [0.2, 0.25) is 0 Å². The van der Waals surface area contributed by atoms with Gasteiger partial charge in [0, 0.05) is 0 Å². The van der Waals surface area contributed by atoms with Crippen molar-refractivity contribution in [2.24, 2.45) is 0 Å². The average molecular weight is 617 g/mol. The fourth-order valence-corrected chi connectivity index (χ4v) is 10.0. The monoisotopic (exact) mass is 616 g/mol. The second-order valence-electron chi connectivity index (χ2n) is 13.9. The normalized spacial score (nSPS) is 13.9. The molecule has 224 valence electrons. The summed E-state index contributed by atoms with van der Waals surface area (Å²) in [6.07, 6.45) is 0. The smallest absolute Gasteiger partial charge is 0.0619 e. The molecule has 0 fully saturated rings. The zero-order chi connectivity index (χ0) is 31.8. The highest BCUT2D eigenvalue weighted by atomic mass is 14.5. The largest absolute Gasteiger partial charge is 0.0731 e. The van der Waals surface area contributed by atoms with Crippen LogP contribution in [0.15, 0.2) is 170 Å². The molecule has 0 saturated carbocycles. The van der Waals surface area contributed by atoms with Gasteiger partial charge in [0.15, 0.2) is 0 Å². The molecule has 0 aromatic heterocycles. The third-order valence-corrected chi connectivity index (χ3v) is 11.8. The van der Waals surface area contributed by atoms with Gasteiger partial charge >= 0.3 is 0 Å². The first-order valence-corrected chi connectivity index (χ1v) is 17.3. The van der Waals surface area contributed by atoms with E-state index in [4.69, 9.17) is 0 Å². The maximum atomic E-state index is 2.58. The second kappa shape index (κ2) is 9.01. The van der Waals surface area contributed by atoms with Crippen LogP contribution in [0.5, 0.6) is 0 Å². The zero-order valence-corrected chi connectivity index (χ0v) is 26.7. The Kier molecular flexibility index (Phi) is 4.74. The molecule has 49 heavy (non-hydrogen) atoms. The first kappa shape index (κ1) is 25.8. The van der Waals surface area contributed by atoms with Crippen LogP contribution in [0.4, 0.5) is 0 Å². The summed E-state index contributed by atoms with van der Waals surface area (Å²) in [6, 6.07) is 64.2. The lowest BCUT2D eigenvalue weighted by Crippen LogP contribution is -2.26. The Balaban J connectivity index is 1.28. The predicted molar refractivity (Wildman–Crippen MR) is 205 cm³/mol. The summed E-state index contributed by atoms with van der Waals surface area (Å²) in [5.74, 6) is 0. The molecule has 0 saturated heterocycles. The van der Waals surface area contributed by atoms with Gasteiger partial charge in [-0.1, -0.05) is 164 Å². The van der Waals surface area contributed by atoms with E-state index in [2.05, 4.69) is 170 Å². The molecule has 3 aliphatic carbocycles. The third-order valence-electron chi connectivity index (χ3n) is 11.8. The van der Waals surface area contributed by atoms with E-state index in [1.807, 2.05) is 0 Å². The van der Waals surface area contributed by atoms with Crippen molar-refractivity contribution >= 4 is 32.3 Å². The highest BCUT2D eigenvalue weighted by Gasteiger charge is 2.53. The van der Waals surface area contributed by atoms with Crippen molar-refractivity contribution in [3.8, 4) is 55.6 Å². The molecule has 0 atom stereocenters. The van der Waals surface area contributed by atoms with E-state index in [1.54, 1.807) is 0 Å². The molecule has 0 bridgehead atoms. The topological polar surface area (TPSA) is 0 Å². The zero-order valence-electron chi connectivity index (χ0n) is 26.7. The highest BCUT2D eigenvalue weighted by Crippen LogP contribution is 2.66. The van der Waals surface area contributed by atoms with Crippen LogP contribution >= 0.6 is 0 Å². The van der Waals surface area contributed by atoms with Gasteiger partial charge in [-0.3, -0.25) is 0 Å². The molecule has 0 radical (unpaired) electrons. The summed E-state index contributed by atoms with van der Waals surface area (Å²) >= 11 is 0. The molecule has 0 unspecified atom stereocenters. The van der Waals surface area contributed by atoms with Gasteiger partial charge in [-0.15, -0.1) is 0 Å². The van der Waals surface area contributed by atoms with Gasteiger partial charge in [-0.25, -0.2) is 0 Å². The predicted octanol–water partition coefficient (Wildman–Crippen LogP) is 12.8. The van der Waals surface area contributed by atoms with E-state index in [1.165, 1.54) is 110 Å². The molecule has 9 aromatic rings. The van der Waals surface area contributed by atoms with Crippen molar-refractivity contribution in [2.45, 2.75) is 5.41 Å². The van der Waals surface area contributed by atoms with Gasteiger partial charge in [-0.05, 0) is 116 Å². The second-order valence-corrected chi connectivity index (χ2v) is 13.9. The number of rotatable bonds is 1. The number of benzene rings is 9. The lowest BCUT2D eigenvalue weighted by molar-refractivity contribution is 0.802. The Morgan fingerprint density at radius 3 is 1.57 bits per heavy atom. The van der Waals surface area contributed by atoms with Crippen LogP contribution in [0.3, 0.4) is 0 Å². The van der Waals surface area contributed by atoms with E-state index < -0.39 is 5.41 Å². The average Bonchev–Trinajstić information content (AvgIpc) is 3.78. The summed E-state index contributed by atoms with van der Waals surface area (Å²) in [4.78, 5) is 0. The molecule has 0 nitrogen and oxygen atoms in total. The van der Waals surface area contributed by atoms with Crippen LogP contribution in [0, 0.1) is 0 Å². The Morgan fingerprint density at radius 2 is 0.816 bits per heavy atom. The van der Waals surface area contributed by atoms with Crippen LogP contribution < -0.4 is 0 Å². The highest BCUT2D eigenvalue weighted by molar-refractivity contribution is 6.21. The number of hydrogen-bond acceptors (Lipinski definition) is 0. The van der Waals surface area contributed by atoms with Crippen LogP contribution in [-0.4, -0.2) is 0 Å². The minimum atomic E-state index is -0.442. The molecule has 0 heterocycles. The van der Waals surface area contributed by atoms with Crippen molar-refractivity contribution in [1.82, 2.24) is 0 Å². The standard InChI is InChI=1S/C49H28/c1-2-13-30-29(12-1)24-25-41-47-39-19-6-5-16-33(39)42(34-26-27-40-32-15-4-3-14-31(32)37-20-11-21-38(34)46(37)40)28-45(47)49(48(30)41)43-22-9-7-17-35(43)36-18-8-10-23-44(36)49/h1-28H. The molecule has 3 aliphatic rings. The Labute approximate surface area is 284 Å².